The first-order valence-electron chi connectivity index (χ1n) is 7.09. The number of hydrogen-bond acceptors (Lipinski definition) is 6. The number of benzene rings is 1. The maximum Gasteiger partial charge on any atom is 0.337 e. The lowest BCUT2D eigenvalue weighted by Gasteiger charge is -2.41. The fraction of sp³-hybridized carbons (Fsp3) is 0.312. The molecule has 2 unspecified atom stereocenters. The monoisotopic (exact) mass is 330 g/mol. The van der Waals surface area contributed by atoms with E-state index >= 15 is 0 Å². The number of methoxy groups -OCH3 is 1. The van der Waals surface area contributed by atoms with Crippen LogP contribution >= 0.6 is 0 Å². The molecule has 24 heavy (non-hydrogen) atoms. The van der Waals surface area contributed by atoms with Crippen molar-refractivity contribution in [2.24, 2.45) is 5.73 Å². The molecule has 126 valence electrons. The number of carbonyl (C=O) groups excluding carboxylic acids is 2. The summed E-state index contributed by atoms with van der Waals surface area (Å²) in [6, 6.07) is 9.42. The molecule has 2 atom stereocenters. The number of ether oxygens (including phenoxy) is 1. The first-order chi connectivity index (χ1) is 11.2. The Labute approximate surface area is 139 Å². The molecule has 0 saturated heterocycles. The Morgan fingerprint density at radius 3 is 2.42 bits per heavy atom. The molecule has 0 aromatic heterocycles. The van der Waals surface area contributed by atoms with Crippen LogP contribution in [-0.4, -0.2) is 35.0 Å². The molecular weight excluding hydrogens is 312 g/mol. The number of hydrogen-bond donors (Lipinski definition) is 3. The molecular formula is C16H18N4O4. The van der Waals surface area contributed by atoms with Gasteiger partial charge in [-0.1, -0.05) is 30.3 Å². The molecule has 8 heteroatoms. The number of aliphatic hydroxyl groups is 1. The van der Waals surface area contributed by atoms with Crippen molar-refractivity contribution in [2.45, 2.75) is 25.0 Å². The largest absolute Gasteiger partial charge is 0.466 e. The normalized spacial score (nSPS) is 26.0. The van der Waals surface area contributed by atoms with Gasteiger partial charge in [0.25, 0.3) is 0 Å². The Kier molecular flexibility index (Phi) is 4.23. The van der Waals surface area contributed by atoms with Crippen molar-refractivity contribution < 1.29 is 19.4 Å². The second-order valence-corrected chi connectivity index (χ2v) is 5.51. The molecule has 1 aliphatic heterocycles. The highest BCUT2D eigenvalue weighted by Crippen LogP contribution is 2.51. The number of nitrogens with zero attached hydrogens (tertiary/aromatic N) is 2. The number of primary amides is 1. The average Bonchev–Trinajstić information content (AvgIpc) is 2.72. The maximum absolute atomic E-state index is 12.4. The summed E-state index contributed by atoms with van der Waals surface area (Å²) in [7, 11) is 1.18. The lowest BCUT2D eigenvalue weighted by molar-refractivity contribution is -0.139. The molecule has 4 N–H and O–H groups in total. The van der Waals surface area contributed by atoms with Crippen LogP contribution in [0.1, 0.15) is 19.4 Å². The molecule has 2 amide bonds. The summed E-state index contributed by atoms with van der Waals surface area (Å²) in [6.07, 6.45) is 0. The van der Waals surface area contributed by atoms with Crippen molar-refractivity contribution in [3.63, 3.8) is 0 Å². The van der Waals surface area contributed by atoms with Crippen molar-refractivity contribution in [1.82, 2.24) is 10.4 Å². The molecule has 0 aliphatic carbocycles. The number of nitriles is 1. The lowest BCUT2D eigenvalue weighted by atomic mass is 9.70. The smallest absolute Gasteiger partial charge is 0.337 e. The molecule has 1 heterocycles. The Morgan fingerprint density at radius 2 is 1.96 bits per heavy atom. The van der Waals surface area contributed by atoms with E-state index < -0.39 is 23.1 Å². The third-order valence-electron chi connectivity index (χ3n) is 4.20. The van der Waals surface area contributed by atoms with Crippen LogP contribution in [0.15, 0.2) is 41.6 Å². The fourth-order valence-electron chi connectivity index (χ4n) is 3.15. The molecule has 2 rings (SSSR count). The number of allylic oxidation sites excluding steroid dienone is 1. The highest BCUT2D eigenvalue weighted by molar-refractivity contribution is 5.95. The Bertz CT molecular complexity index is 751. The SMILES string of the molecule is COC(=O)C1=C(C)N(NC(N)=O)C(C)(O)C1(C#N)c1ccccc1. The van der Waals surface area contributed by atoms with Gasteiger partial charge in [0.1, 0.15) is 0 Å². The van der Waals surface area contributed by atoms with Crippen molar-refractivity contribution >= 4 is 12.0 Å². The van der Waals surface area contributed by atoms with Gasteiger partial charge in [0, 0.05) is 5.70 Å². The summed E-state index contributed by atoms with van der Waals surface area (Å²) in [6.45, 7) is 2.80. The van der Waals surface area contributed by atoms with Gasteiger partial charge in [-0.25, -0.2) is 15.0 Å². The predicted octanol–water partition coefficient (Wildman–Crippen LogP) is 0.502. The molecule has 8 nitrogen and oxygen atoms in total. The van der Waals surface area contributed by atoms with Crippen molar-refractivity contribution in [3.8, 4) is 6.07 Å². The highest BCUT2D eigenvalue weighted by Gasteiger charge is 2.64. The van der Waals surface area contributed by atoms with Gasteiger partial charge in [0.15, 0.2) is 11.1 Å². The first-order valence-corrected chi connectivity index (χ1v) is 7.09. The molecule has 0 bridgehead atoms. The Hall–Kier alpha value is -3.05. The number of amides is 2. The number of esters is 1. The minimum absolute atomic E-state index is 0.0718. The quantitative estimate of drug-likeness (QED) is 0.692. The number of rotatable bonds is 3. The molecule has 0 spiro atoms. The van der Waals surface area contributed by atoms with Crippen LogP contribution in [0.4, 0.5) is 4.79 Å². The molecule has 0 radical (unpaired) electrons. The number of urea groups is 1. The summed E-state index contributed by atoms with van der Waals surface area (Å²) in [5, 5.41) is 22.1. The Balaban J connectivity index is 2.82. The second kappa shape index (κ2) is 5.86. The van der Waals surface area contributed by atoms with E-state index in [1.54, 1.807) is 30.3 Å². The summed E-state index contributed by atoms with van der Waals surface area (Å²) in [4.78, 5) is 23.7. The van der Waals surface area contributed by atoms with E-state index in [1.165, 1.54) is 21.0 Å². The first kappa shape index (κ1) is 17.3. The van der Waals surface area contributed by atoms with Gasteiger partial charge >= 0.3 is 12.0 Å². The summed E-state index contributed by atoms with van der Waals surface area (Å²) < 4.78 is 4.80. The van der Waals surface area contributed by atoms with E-state index in [-0.39, 0.29) is 11.3 Å². The molecule has 1 aromatic carbocycles. The van der Waals surface area contributed by atoms with E-state index in [2.05, 4.69) is 5.43 Å². The maximum atomic E-state index is 12.4. The summed E-state index contributed by atoms with van der Waals surface area (Å²) >= 11 is 0. The van der Waals surface area contributed by atoms with Crippen molar-refractivity contribution in [3.05, 3.63) is 47.2 Å². The number of hydrazine groups is 1. The van der Waals surface area contributed by atoms with Crippen LogP contribution < -0.4 is 11.2 Å². The second-order valence-electron chi connectivity index (χ2n) is 5.51. The number of carbonyl (C=O) groups is 2. The average molecular weight is 330 g/mol. The third kappa shape index (κ3) is 2.18. The van der Waals surface area contributed by atoms with Crippen LogP contribution in [0.2, 0.25) is 0 Å². The summed E-state index contributed by atoms with van der Waals surface area (Å²) in [5.74, 6) is -0.785. The zero-order valence-corrected chi connectivity index (χ0v) is 13.5. The van der Waals surface area contributed by atoms with E-state index in [0.717, 1.165) is 5.01 Å². The van der Waals surface area contributed by atoms with Crippen molar-refractivity contribution in [1.29, 1.82) is 5.26 Å². The molecule has 0 fully saturated rings. The minimum atomic E-state index is -1.98. The van der Waals surface area contributed by atoms with Crippen LogP contribution in [0.25, 0.3) is 0 Å². The van der Waals surface area contributed by atoms with Crippen LogP contribution in [0.5, 0.6) is 0 Å². The predicted molar refractivity (Wildman–Crippen MR) is 83.6 cm³/mol. The fourth-order valence-corrected chi connectivity index (χ4v) is 3.15. The summed E-state index contributed by atoms with van der Waals surface area (Å²) in [5.41, 5.74) is 4.12. The zero-order chi connectivity index (χ0) is 18.1. The van der Waals surface area contributed by atoms with Crippen molar-refractivity contribution in [2.75, 3.05) is 7.11 Å². The van der Waals surface area contributed by atoms with Crippen LogP contribution in [0, 0.1) is 11.3 Å². The lowest BCUT2D eigenvalue weighted by Crippen LogP contribution is -2.61. The molecule has 1 aliphatic rings. The third-order valence-corrected chi connectivity index (χ3v) is 4.20. The Morgan fingerprint density at radius 1 is 1.38 bits per heavy atom. The van der Waals surface area contributed by atoms with E-state index in [4.69, 9.17) is 10.5 Å². The van der Waals surface area contributed by atoms with Gasteiger partial charge in [0.05, 0.1) is 18.8 Å². The highest BCUT2D eigenvalue weighted by atomic mass is 16.5. The van der Waals surface area contributed by atoms with Gasteiger partial charge < -0.3 is 15.6 Å². The van der Waals surface area contributed by atoms with Gasteiger partial charge in [-0.15, -0.1) is 0 Å². The van der Waals surface area contributed by atoms with Gasteiger partial charge in [-0.2, -0.15) is 5.26 Å². The van der Waals surface area contributed by atoms with Gasteiger partial charge in [-0.3, -0.25) is 5.01 Å². The number of nitrogens with one attached hydrogen (secondary N) is 1. The number of nitrogens with two attached hydrogens (primary N) is 1. The van der Waals surface area contributed by atoms with Gasteiger partial charge in [-0.05, 0) is 19.4 Å². The zero-order valence-electron chi connectivity index (χ0n) is 13.5. The van der Waals surface area contributed by atoms with E-state index in [1.807, 2.05) is 6.07 Å². The van der Waals surface area contributed by atoms with E-state index in [9.17, 15) is 20.0 Å². The van der Waals surface area contributed by atoms with Gasteiger partial charge in [0.2, 0.25) is 0 Å². The minimum Gasteiger partial charge on any atom is -0.466 e. The standard InChI is InChI=1S/C16H18N4O4/c1-10-12(13(21)24-3)16(9-17,11-7-5-4-6-8-11)15(2,23)20(10)19-14(18)22/h4-8,23H,1-3H3,(H3,18,19,22). The molecule has 1 aromatic rings. The van der Waals surface area contributed by atoms with Crippen LogP contribution in [-0.2, 0) is 14.9 Å². The topological polar surface area (TPSA) is 129 Å². The van der Waals surface area contributed by atoms with E-state index in [0.29, 0.717) is 5.56 Å². The molecule has 0 saturated carbocycles. The van der Waals surface area contributed by atoms with Crippen LogP contribution in [0.3, 0.4) is 0 Å².